The van der Waals surface area contributed by atoms with E-state index < -0.39 is 0 Å². The van der Waals surface area contributed by atoms with Crippen molar-refractivity contribution in [1.82, 2.24) is 10.4 Å². The highest BCUT2D eigenvalue weighted by Gasteiger charge is 2.09. The molecule has 1 amide bonds. The minimum absolute atomic E-state index is 0.0576. The highest BCUT2D eigenvalue weighted by atomic mass is 16.2. The minimum atomic E-state index is -0.0576. The Hall–Kier alpha value is -2.49. The first kappa shape index (κ1) is 15.9. The van der Waals surface area contributed by atoms with Crippen LogP contribution in [-0.2, 0) is 4.79 Å². The maximum Gasteiger partial charge on any atom is 0.240 e. The van der Waals surface area contributed by atoms with Gasteiger partial charge in [0, 0.05) is 18.2 Å². The average molecular weight is 295 g/mol. The first-order valence-electron chi connectivity index (χ1n) is 7.64. The maximum atomic E-state index is 11.8. The molecule has 0 aliphatic carbocycles. The molecule has 0 radical (unpaired) electrons. The van der Waals surface area contributed by atoms with Gasteiger partial charge in [0.1, 0.15) is 5.71 Å². The Bertz CT molecular complexity index is 567. The number of nitrogens with one attached hydrogen (secondary N) is 1. The Morgan fingerprint density at radius 3 is 2.55 bits per heavy atom. The Morgan fingerprint density at radius 2 is 1.86 bits per heavy atom. The third-order valence-corrected chi connectivity index (χ3v) is 3.25. The van der Waals surface area contributed by atoms with Crippen LogP contribution in [0.5, 0.6) is 0 Å². The lowest BCUT2D eigenvalue weighted by Gasteiger charge is -2.07. The minimum Gasteiger partial charge on any atom is -0.273 e. The smallest absolute Gasteiger partial charge is 0.240 e. The van der Waals surface area contributed by atoms with Crippen molar-refractivity contribution < 1.29 is 4.79 Å². The number of aromatic nitrogens is 1. The van der Waals surface area contributed by atoms with Crippen LogP contribution >= 0.6 is 0 Å². The molecule has 0 aliphatic heterocycles. The monoisotopic (exact) mass is 295 g/mol. The van der Waals surface area contributed by atoms with Crippen LogP contribution in [0.25, 0.3) is 0 Å². The Morgan fingerprint density at radius 1 is 1.09 bits per heavy atom. The third-order valence-electron chi connectivity index (χ3n) is 3.25. The summed E-state index contributed by atoms with van der Waals surface area (Å²) in [5.41, 5.74) is 4.98. The summed E-state index contributed by atoms with van der Waals surface area (Å²) in [5, 5.41) is 4.30. The van der Waals surface area contributed by atoms with E-state index in [1.807, 2.05) is 48.5 Å². The summed E-state index contributed by atoms with van der Waals surface area (Å²) >= 11 is 0. The van der Waals surface area contributed by atoms with Gasteiger partial charge in [-0.3, -0.25) is 9.78 Å². The molecule has 0 saturated carbocycles. The molecule has 0 spiro atoms. The fourth-order valence-corrected chi connectivity index (χ4v) is 2.08. The van der Waals surface area contributed by atoms with Crippen molar-refractivity contribution in [2.75, 3.05) is 0 Å². The summed E-state index contributed by atoms with van der Waals surface area (Å²) in [7, 11) is 0. The number of hydrogen-bond donors (Lipinski definition) is 1. The molecule has 0 aliphatic rings. The molecule has 114 valence electrons. The zero-order valence-electron chi connectivity index (χ0n) is 12.8. The van der Waals surface area contributed by atoms with Crippen LogP contribution in [-0.4, -0.2) is 16.6 Å². The molecule has 1 aromatic carbocycles. The summed E-state index contributed by atoms with van der Waals surface area (Å²) < 4.78 is 0. The predicted molar refractivity (Wildman–Crippen MR) is 88.6 cm³/mol. The number of hydrogen-bond acceptors (Lipinski definition) is 3. The molecule has 4 nitrogen and oxygen atoms in total. The molecule has 0 unspecified atom stereocenters. The van der Waals surface area contributed by atoms with E-state index in [0.717, 1.165) is 30.5 Å². The third kappa shape index (κ3) is 4.81. The Balaban J connectivity index is 2.15. The van der Waals surface area contributed by atoms with Crippen LogP contribution in [0.3, 0.4) is 0 Å². The fourth-order valence-electron chi connectivity index (χ4n) is 2.08. The van der Waals surface area contributed by atoms with Crippen LogP contribution < -0.4 is 5.43 Å². The molecule has 1 heterocycles. The average Bonchev–Trinajstić information content (AvgIpc) is 2.57. The van der Waals surface area contributed by atoms with Crippen LogP contribution in [0, 0.1) is 0 Å². The van der Waals surface area contributed by atoms with E-state index in [4.69, 9.17) is 0 Å². The lowest BCUT2D eigenvalue weighted by Crippen LogP contribution is -2.20. The van der Waals surface area contributed by atoms with Gasteiger partial charge in [-0.05, 0) is 18.6 Å². The number of carbonyl (C=O) groups excluding carboxylic acids is 1. The van der Waals surface area contributed by atoms with Gasteiger partial charge in [0.25, 0.3) is 0 Å². The van der Waals surface area contributed by atoms with E-state index in [-0.39, 0.29) is 5.91 Å². The molecule has 4 heteroatoms. The van der Waals surface area contributed by atoms with Gasteiger partial charge < -0.3 is 0 Å². The summed E-state index contributed by atoms with van der Waals surface area (Å²) in [4.78, 5) is 16.2. The second-order valence-electron chi connectivity index (χ2n) is 5.03. The Labute approximate surface area is 131 Å². The largest absolute Gasteiger partial charge is 0.273 e. The van der Waals surface area contributed by atoms with Crippen molar-refractivity contribution in [1.29, 1.82) is 0 Å². The van der Waals surface area contributed by atoms with E-state index in [9.17, 15) is 4.79 Å². The van der Waals surface area contributed by atoms with E-state index in [2.05, 4.69) is 22.4 Å². The molecule has 1 aromatic heterocycles. The van der Waals surface area contributed by atoms with Gasteiger partial charge in [-0.2, -0.15) is 5.10 Å². The molecule has 1 N–H and O–H groups in total. The molecule has 22 heavy (non-hydrogen) atoms. The number of carbonyl (C=O) groups is 1. The highest BCUT2D eigenvalue weighted by Crippen LogP contribution is 2.08. The van der Waals surface area contributed by atoms with Crippen molar-refractivity contribution in [2.24, 2.45) is 5.10 Å². The van der Waals surface area contributed by atoms with Crippen LogP contribution in [0.4, 0.5) is 0 Å². The number of rotatable bonds is 7. The number of nitrogens with zero attached hydrogens (tertiary/aromatic N) is 2. The number of amides is 1. The molecule has 0 atom stereocenters. The standard InChI is InChI=1S/C18H21N3O/c1-2-3-5-13-17(22)20-21-18(15-10-6-4-7-11-15)16-12-8-9-14-19-16/h4,6-12,14H,2-3,5,13H2,1H3,(H,20,22)/b21-18-. The predicted octanol–water partition coefficient (Wildman–Crippen LogP) is 3.53. The molecular weight excluding hydrogens is 274 g/mol. The normalized spacial score (nSPS) is 11.2. The molecule has 0 saturated heterocycles. The summed E-state index contributed by atoms with van der Waals surface area (Å²) in [6, 6.07) is 15.4. The van der Waals surface area contributed by atoms with Crippen LogP contribution in [0.2, 0.25) is 0 Å². The van der Waals surface area contributed by atoms with Crippen molar-refractivity contribution in [3.8, 4) is 0 Å². The zero-order valence-corrected chi connectivity index (χ0v) is 12.8. The van der Waals surface area contributed by atoms with Crippen LogP contribution in [0.15, 0.2) is 59.8 Å². The zero-order chi connectivity index (χ0) is 15.6. The number of benzene rings is 1. The molecule has 2 rings (SSSR count). The van der Waals surface area contributed by atoms with Gasteiger partial charge in [-0.15, -0.1) is 0 Å². The van der Waals surface area contributed by atoms with Crippen molar-refractivity contribution in [2.45, 2.75) is 32.6 Å². The number of unbranched alkanes of at least 4 members (excludes halogenated alkanes) is 2. The summed E-state index contributed by atoms with van der Waals surface area (Å²) in [6.07, 6.45) is 5.27. The molecule has 2 aromatic rings. The van der Waals surface area contributed by atoms with E-state index in [0.29, 0.717) is 12.1 Å². The van der Waals surface area contributed by atoms with E-state index in [1.54, 1.807) is 6.20 Å². The van der Waals surface area contributed by atoms with Crippen molar-refractivity contribution >= 4 is 11.6 Å². The Kier molecular flexibility index (Phi) is 6.30. The first-order valence-corrected chi connectivity index (χ1v) is 7.64. The lowest BCUT2D eigenvalue weighted by atomic mass is 10.1. The first-order chi connectivity index (χ1) is 10.8. The van der Waals surface area contributed by atoms with Crippen molar-refractivity contribution in [3.63, 3.8) is 0 Å². The van der Waals surface area contributed by atoms with Gasteiger partial charge >= 0.3 is 0 Å². The molecule has 0 bridgehead atoms. The van der Waals surface area contributed by atoms with Crippen molar-refractivity contribution in [3.05, 3.63) is 66.0 Å². The lowest BCUT2D eigenvalue weighted by molar-refractivity contribution is -0.121. The molecular formula is C18H21N3O. The number of hydrazone groups is 1. The van der Waals surface area contributed by atoms with Gasteiger partial charge in [-0.25, -0.2) is 5.43 Å². The van der Waals surface area contributed by atoms with E-state index in [1.165, 1.54) is 0 Å². The number of pyridine rings is 1. The fraction of sp³-hybridized carbons (Fsp3) is 0.278. The quantitative estimate of drug-likeness (QED) is 0.482. The second-order valence-corrected chi connectivity index (χ2v) is 5.03. The van der Waals surface area contributed by atoms with Gasteiger partial charge in [-0.1, -0.05) is 56.2 Å². The van der Waals surface area contributed by atoms with Gasteiger partial charge in [0.05, 0.1) is 5.69 Å². The summed E-state index contributed by atoms with van der Waals surface area (Å²) in [6.45, 7) is 2.12. The summed E-state index contributed by atoms with van der Waals surface area (Å²) in [5.74, 6) is -0.0576. The highest BCUT2D eigenvalue weighted by molar-refractivity contribution is 6.11. The van der Waals surface area contributed by atoms with E-state index >= 15 is 0 Å². The maximum absolute atomic E-state index is 11.8. The van der Waals surface area contributed by atoms with Crippen LogP contribution in [0.1, 0.15) is 43.9 Å². The van der Waals surface area contributed by atoms with Gasteiger partial charge in [0.15, 0.2) is 0 Å². The molecule has 0 fully saturated rings. The second kappa shape index (κ2) is 8.72. The SMILES string of the molecule is CCCCCC(=O)N/N=C(/c1ccccc1)c1ccccn1. The van der Waals surface area contributed by atoms with Gasteiger partial charge in [0.2, 0.25) is 5.91 Å². The topological polar surface area (TPSA) is 54.4 Å².